The minimum absolute atomic E-state index is 0.660. The lowest BCUT2D eigenvalue weighted by molar-refractivity contribution is 0.0487. The summed E-state index contributed by atoms with van der Waals surface area (Å²) >= 11 is 1.89. The van der Waals surface area contributed by atoms with Crippen molar-refractivity contribution in [2.75, 3.05) is 58.1 Å². The molecule has 0 radical (unpaired) electrons. The van der Waals surface area contributed by atoms with Crippen molar-refractivity contribution in [3.05, 3.63) is 0 Å². The van der Waals surface area contributed by atoms with Crippen LogP contribution in [0.3, 0.4) is 0 Å². The molecule has 2 N–H and O–H groups in total. The molecule has 0 aliphatic carbocycles. The Hall–Kier alpha value is -0.460. The zero-order valence-electron chi connectivity index (χ0n) is 14.7. The van der Waals surface area contributed by atoms with Gasteiger partial charge in [-0.25, -0.2) is 0 Å². The summed E-state index contributed by atoms with van der Waals surface area (Å²) in [6.45, 7) is 9.63. The fourth-order valence-corrected chi connectivity index (χ4v) is 2.19. The first kappa shape index (κ1) is 21.5. The van der Waals surface area contributed by atoms with E-state index in [0.29, 0.717) is 19.8 Å². The first-order chi connectivity index (χ1) is 10.8. The molecule has 132 valence electrons. The Morgan fingerprint density at radius 1 is 0.955 bits per heavy atom. The number of guanidine groups is 1. The van der Waals surface area contributed by atoms with Crippen molar-refractivity contribution < 1.29 is 9.47 Å². The van der Waals surface area contributed by atoms with E-state index in [0.717, 1.165) is 45.0 Å². The summed E-state index contributed by atoms with van der Waals surface area (Å²) in [5.74, 6) is 2.10. The predicted octanol–water partition coefficient (Wildman–Crippen LogP) is 2.52. The monoisotopic (exact) mass is 333 g/mol. The number of rotatable bonds is 15. The van der Waals surface area contributed by atoms with Crippen LogP contribution in [0.1, 0.15) is 39.5 Å². The van der Waals surface area contributed by atoms with Gasteiger partial charge in [0.2, 0.25) is 0 Å². The first-order valence-electron chi connectivity index (χ1n) is 8.51. The molecule has 22 heavy (non-hydrogen) atoms. The fourth-order valence-electron chi connectivity index (χ4n) is 1.70. The van der Waals surface area contributed by atoms with Crippen molar-refractivity contribution in [2.45, 2.75) is 39.5 Å². The Kier molecular flexibility index (Phi) is 18.2. The van der Waals surface area contributed by atoms with Crippen LogP contribution in [0.5, 0.6) is 0 Å². The highest BCUT2D eigenvalue weighted by atomic mass is 32.2. The van der Waals surface area contributed by atoms with Gasteiger partial charge in [0.15, 0.2) is 5.96 Å². The van der Waals surface area contributed by atoms with Gasteiger partial charge in [-0.3, -0.25) is 4.99 Å². The highest BCUT2D eigenvalue weighted by Crippen LogP contribution is 1.98. The average Bonchev–Trinajstić information content (AvgIpc) is 2.53. The van der Waals surface area contributed by atoms with Crippen LogP contribution in [0.15, 0.2) is 4.99 Å². The van der Waals surface area contributed by atoms with Crippen LogP contribution >= 0.6 is 11.8 Å². The molecule has 0 spiro atoms. The van der Waals surface area contributed by atoms with Crippen LogP contribution in [0, 0.1) is 0 Å². The van der Waals surface area contributed by atoms with Crippen molar-refractivity contribution in [3.8, 4) is 0 Å². The van der Waals surface area contributed by atoms with Crippen LogP contribution in [-0.2, 0) is 9.47 Å². The van der Waals surface area contributed by atoms with Crippen LogP contribution < -0.4 is 10.6 Å². The molecule has 0 unspecified atom stereocenters. The van der Waals surface area contributed by atoms with E-state index in [1.165, 1.54) is 18.6 Å². The van der Waals surface area contributed by atoms with Gasteiger partial charge in [-0.05, 0) is 38.2 Å². The largest absolute Gasteiger partial charge is 0.379 e. The minimum atomic E-state index is 0.660. The van der Waals surface area contributed by atoms with Gasteiger partial charge in [-0.2, -0.15) is 11.8 Å². The van der Waals surface area contributed by atoms with E-state index in [9.17, 15) is 0 Å². The zero-order chi connectivity index (χ0) is 16.3. The number of hydrogen-bond acceptors (Lipinski definition) is 4. The molecular weight excluding hydrogens is 298 g/mol. The van der Waals surface area contributed by atoms with Gasteiger partial charge in [0.25, 0.3) is 0 Å². The van der Waals surface area contributed by atoms with Gasteiger partial charge >= 0.3 is 0 Å². The number of aliphatic imine (C=N–C) groups is 1. The normalized spacial score (nSPS) is 11.7. The van der Waals surface area contributed by atoms with Gasteiger partial charge in [0.05, 0.1) is 19.8 Å². The van der Waals surface area contributed by atoms with Crippen molar-refractivity contribution in [3.63, 3.8) is 0 Å². The molecule has 0 amide bonds. The number of hydrogen-bond donors (Lipinski definition) is 2. The van der Waals surface area contributed by atoms with E-state index < -0.39 is 0 Å². The summed E-state index contributed by atoms with van der Waals surface area (Å²) in [7, 11) is 0. The smallest absolute Gasteiger partial charge is 0.191 e. The lowest BCUT2D eigenvalue weighted by Gasteiger charge is -2.11. The minimum Gasteiger partial charge on any atom is -0.379 e. The Morgan fingerprint density at radius 3 is 2.41 bits per heavy atom. The van der Waals surface area contributed by atoms with Crippen LogP contribution in [0.4, 0.5) is 0 Å². The molecule has 0 atom stereocenters. The lowest BCUT2D eigenvalue weighted by Crippen LogP contribution is -2.39. The van der Waals surface area contributed by atoms with E-state index in [-0.39, 0.29) is 0 Å². The van der Waals surface area contributed by atoms with E-state index in [1.54, 1.807) is 0 Å². The first-order valence-corrected chi connectivity index (χ1v) is 9.91. The number of unbranched alkanes of at least 4 members (excludes halogenated alkanes) is 2. The molecule has 0 saturated carbocycles. The molecule has 0 aliphatic rings. The molecule has 0 saturated heterocycles. The SMILES string of the molecule is CCCCOCCOCCNC(=NCCCCSC)NCC. The van der Waals surface area contributed by atoms with Gasteiger partial charge < -0.3 is 20.1 Å². The Morgan fingerprint density at radius 2 is 1.73 bits per heavy atom. The molecule has 0 aromatic carbocycles. The zero-order valence-corrected chi connectivity index (χ0v) is 15.5. The molecular formula is C16H35N3O2S. The molecule has 0 bridgehead atoms. The summed E-state index contributed by atoms with van der Waals surface area (Å²) in [6.07, 6.45) is 6.81. The molecule has 0 aromatic heterocycles. The molecule has 0 aliphatic heterocycles. The molecule has 0 fully saturated rings. The summed E-state index contributed by atoms with van der Waals surface area (Å²) in [6, 6.07) is 0. The van der Waals surface area contributed by atoms with Crippen LogP contribution in [-0.4, -0.2) is 64.0 Å². The summed E-state index contributed by atoms with van der Waals surface area (Å²) < 4.78 is 11.0. The molecule has 0 aromatic rings. The number of nitrogens with one attached hydrogen (secondary N) is 2. The maximum Gasteiger partial charge on any atom is 0.191 e. The molecule has 5 nitrogen and oxygen atoms in total. The highest BCUT2D eigenvalue weighted by molar-refractivity contribution is 7.98. The Labute approximate surface area is 141 Å². The third kappa shape index (κ3) is 15.9. The third-order valence-electron chi connectivity index (χ3n) is 2.92. The molecule has 0 heterocycles. The lowest BCUT2D eigenvalue weighted by atomic mass is 10.3. The predicted molar refractivity (Wildman–Crippen MR) is 98.1 cm³/mol. The second-order valence-corrected chi connectivity index (χ2v) is 5.95. The van der Waals surface area contributed by atoms with E-state index >= 15 is 0 Å². The van der Waals surface area contributed by atoms with E-state index in [4.69, 9.17) is 9.47 Å². The molecule has 6 heteroatoms. The topological polar surface area (TPSA) is 54.9 Å². The van der Waals surface area contributed by atoms with Gasteiger partial charge in [0, 0.05) is 26.2 Å². The van der Waals surface area contributed by atoms with Crippen molar-refractivity contribution in [2.24, 2.45) is 4.99 Å². The van der Waals surface area contributed by atoms with E-state index in [1.807, 2.05) is 11.8 Å². The summed E-state index contributed by atoms with van der Waals surface area (Å²) in [4.78, 5) is 4.56. The standard InChI is InChI=1S/C16H35N3O2S/c1-4-6-11-20-13-14-21-12-10-19-16(17-5-2)18-9-7-8-15-22-3/h4-15H2,1-3H3,(H2,17,18,19). The van der Waals surface area contributed by atoms with Gasteiger partial charge in [-0.1, -0.05) is 13.3 Å². The third-order valence-corrected chi connectivity index (χ3v) is 3.62. The maximum atomic E-state index is 5.53. The van der Waals surface area contributed by atoms with Crippen LogP contribution in [0.2, 0.25) is 0 Å². The van der Waals surface area contributed by atoms with Crippen LogP contribution in [0.25, 0.3) is 0 Å². The molecule has 0 rings (SSSR count). The van der Waals surface area contributed by atoms with Crippen molar-refractivity contribution >= 4 is 17.7 Å². The average molecular weight is 334 g/mol. The number of ether oxygens (including phenoxy) is 2. The number of nitrogens with zero attached hydrogens (tertiary/aromatic N) is 1. The highest BCUT2D eigenvalue weighted by Gasteiger charge is 1.96. The Balaban J connectivity index is 3.53. The maximum absolute atomic E-state index is 5.53. The summed E-state index contributed by atoms with van der Waals surface area (Å²) in [5, 5.41) is 6.54. The van der Waals surface area contributed by atoms with Crippen molar-refractivity contribution in [1.29, 1.82) is 0 Å². The summed E-state index contributed by atoms with van der Waals surface area (Å²) in [5.41, 5.74) is 0. The van der Waals surface area contributed by atoms with E-state index in [2.05, 4.69) is 35.7 Å². The second kappa shape index (κ2) is 18.6. The number of thioether (sulfide) groups is 1. The second-order valence-electron chi connectivity index (χ2n) is 4.97. The van der Waals surface area contributed by atoms with Crippen molar-refractivity contribution in [1.82, 2.24) is 10.6 Å². The van der Waals surface area contributed by atoms with Gasteiger partial charge in [-0.15, -0.1) is 0 Å². The quantitative estimate of drug-likeness (QED) is 0.274. The fraction of sp³-hybridized carbons (Fsp3) is 0.938. The Bertz CT molecular complexity index is 254. The van der Waals surface area contributed by atoms with Gasteiger partial charge in [0.1, 0.15) is 0 Å².